The number of hydrogen-bond acceptors (Lipinski definition) is 9. The summed E-state index contributed by atoms with van der Waals surface area (Å²) in [5, 5.41) is 0. The number of ether oxygens (including phenoxy) is 4. The average molecular weight is 1000 g/mol. The molecule has 0 spiro atoms. The summed E-state index contributed by atoms with van der Waals surface area (Å²) in [7, 11) is 5.29. The van der Waals surface area contributed by atoms with Crippen molar-refractivity contribution in [1.29, 1.82) is 0 Å². The molecular weight excluding hydrogens is 921 g/mol. The van der Waals surface area contributed by atoms with E-state index in [4.69, 9.17) is 23.4 Å². The third-order valence-electron chi connectivity index (χ3n) is 13.2. The van der Waals surface area contributed by atoms with Gasteiger partial charge in [0.25, 0.3) is 0 Å². The van der Waals surface area contributed by atoms with Gasteiger partial charge in [-0.05, 0) is 112 Å². The summed E-state index contributed by atoms with van der Waals surface area (Å²) in [6, 6.07) is 31.2. The number of benzene rings is 5. The summed E-state index contributed by atoms with van der Waals surface area (Å²) in [6.07, 6.45) is 2.80. The normalized spacial score (nSPS) is 14.4. The second-order valence-electron chi connectivity index (χ2n) is 19.8. The molecule has 0 saturated carbocycles. The summed E-state index contributed by atoms with van der Waals surface area (Å²) in [6.45, 7) is 24.5. The summed E-state index contributed by atoms with van der Waals surface area (Å²) in [4.78, 5) is 34.1. The van der Waals surface area contributed by atoms with E-state index in [2.05, 4.69) is 130 Å². The Hall–Kier alpha value is -5.75. The van der Waals surface area contributed by atoms with Gasteiger partial charge in [0, 0.05) is 50.7 Å². The Morgan fingerprint density at radius 2 is 1.11 bits per heavy atom. The lowest BCUT2D eigenvalue weighted by Gasteiger charge is -2.25. The first kappa shape index (κ1) is 58.8. The van der Waals surface area contributed by atoms with Gasteiger partial charge in [-0.25, -0.2) is 4.79 Å². The van der Waals surface area contributed by atoms with Crippen molar-refractivity contribution in [1.82, 2.24) is 9.13 Å². The standard InChI is InChI=1S/C13H18O2.C12H16O2.C12H14O.C11H13NO2.C11H13NOS.2CH4/c1-9(2)10-4-5-11-12(14-3)6-7-15-13(11)8-10;1-9(2)10-3-4-12-11(7-10)8-13-5-6-14-12;1-8(2)9-3-5-11-10(7-9)4-6-12(11)13;2*1-7(2)8-4-5-9-10(6-8)14-11(13)12(9)3;;/h4-5,8-9,12H,6-7H2,1-3H3;3-4,7,9H,5-6,8H2,1-2H3;3,5,7-8H,4,6H2,1-2H3;2*4-7H,1-3H3;2*1H4. The van der Waals surface area contributed by atoms with Crippen LogP contribution in [-0.2, 0) is 36.6 Å². The van der Waals surface area contributed by atoms with Crippen LogP contribution in [0.2, 0.25) is 0 Å². The molecule has 390 valence electrons. The smallest absolute Gasteiger partial charge is 0.419 e. The van der Waals surface area contributed by atoms with E-state index in [-0.39, 0.29) is 31.6 Å². The first-order chi connectivity index (χ1) is 33.4. The van der Waals surface area contributed by atoms with Gasteiger partial charge in [0.2, 0.25) is 0 Å². The van der Waals surface area contributed by atoms with Crippen molar-refractivity contribution in [2.75, 3.05) is 26.9 Å². The third-order valence-corrected chi connectivity index (χ3v) is 14.1. The molecule has 7 aromatic rings. The summed E-state index contributed by atoms with van der Waals surface area (Å²) in [5.41, 5.74) is 13.6. The molecule has 0 N–H and O–H groups in total. The van der Waals surface area contributed by atoms with Crippen molar-refractivity contribution < 1.29 is 28.2 Å². The Balaban J connectivity index is 0.000000194. The van der Waals surface area contributed by atoms with Crippen molar-refractivity contribution in [3.05, 3.63) is 161 Å². The molecule has 4 heterocycles. The van der Waals surface area contributed by atoms with E-state index in [1.807, 2.05) is 37.4 Å². The van der Waals surface area contributed by atoms with Crippen molar-refractivity contribution >= 4 is 38.4 Å². The molecule has 2 aromatic heterocycles. The molecule has 3 aliphatic rings. The number of rotatable bonds is 6. The number of Topliss-reactive ketones (excluding diaryl/α,β-unsaturated/α-hetero) is 1. The highest BCUT2D eigenvalue weighted by Crippen LogP contribution is 2.36. The van der Waals surface area contributed by atoms with Gasteiger partial charge < -0.3 is 27.9 Å². The summed E-state index contributed by atoms with van der Waals surface area (Å²) >= 11 is 1.32. The molecule has 1 atom stereocenters. The fraction of sp³-hybridized carbons (Fsp3) is 0.459. The van der Waals surface area contributed by atoms with Crippen LogP contribution in [0.25, 0.3) is 21.3 Å². The maximum atomic E-state index is 11.4. The molecule has 5 aromatic carbocycles. The molecule has 1 unspecified atom stereocenters. The van der Waals surface area contributed by atoms with Gasteiger partial charge in [-0.3, -0.25) is 14.2 Å². The second kappa shape index (κ2) is 26.8. The Kier molecular flexibility index (Phi) is 21.9. The third kappa shape index (κ3) is 14.7. The van der Waals surface area contributed by atoms with E-state index in [0.717, 1.165) is 52.2 Å². The zero-order valence-corrected chi connectivity index (χ0v) is 44.5. The molecule has 0 bridgehead atoms. The number of hydrogen-bond donors (Lipinski definition) is 0. The van der Waals surface area contributed by atoms with Crippen molar-refractivity contribution in [2.45, 2.75) is 146 Å². The molecule has 10 rings (SSSR count). The number of methoxy groups -OCH3 is 1. The first-order valence-electron chi connectivity index (χ1n) is 24.8. The maximum Gasteiger partial charge on any atom is 0.419 e. The molecule has 0 fully saturated rings. The van der Waals surface area contributed by atoms with E-state index in [9.17, 15) is 14.4 Å². The van der Waals surface area contributed by atoms with Gasteiger partial charge in [0.1, 0.15) is 18.1 Å². The highest BCUT2D eigenvalue weighted by Gasteiger charge is 2.22. The number of aromatic nitrogens is 2. The minimum atomic E-state index is -0.305. The van der Waals surface area contributed by atoms with Crippen molar-refractivity contribution in [3.8, 4) is 11.5 Å². The van der Waals surface area contributed by atoms with E-state index in [1.165, 1.54) is 60.4 Å². The average Bonchev–Trinajstić information content (AvgIpc) is 3.88. The minimum Gasteiger partial charge on any atom is -0.493 e. The molecule has 72 heavy (non-hydrogen) atoms. The second-order valence-corrected chi connectivity index (χ2v) is 20.8. The number of carbonyl (C=O) groups is 1. The van der Waals surface area contributed by atoms with E-state index >= 15 is 0 Å². The first-order valence-corrected chi connectivity index (χ1v) is 25.7. The van der Waals surface area contributed by atoms with Crippen LogP contribution in [-0.4, -0.2) is 41.8 Å². The van der Waals surface area contributed by atoms with Gasteiger partial charge in [0.15, 0.2) is 11.4 Å². The lowest BCUT2D eigenvalue weighted by atomic mass is 9.96. The summed E-state index contributed by atoms with van der Waals surface area (Å²) in [5.74, 6) is 4.61. The zero-order valence-electron chi connectivity index (χ0n) is 43.6. The fourth-order valence-corrected chi connectivity index (χ4v) is 9.36. The largest absolute Gasteiger partial charge is 0.493 e. The van der Waals surface area contributed by atoms with Crippen LogP contribution in [0.1, 0.15) is 187 Å². The number of oxazole rings is 1. The van der Waals surface area contributed by atoms with E-state index < -0.39 is 0 Å². The van der Waals surface area contributed by atoms with Crippen LogP contribution in [0.3, 0.4) is 0 Å². The predicted octanol–water partition coefficient (Wildman–Crippen LogP) is 15.2. The minimum absolute atomic E-state index is 0. The van der Waals surface area contributed by atoms with Gasteiger partial charge in [0.05, 0.1) is 41.7 Å². The molecule has 0 saturated heterocycles. The van der Waals surface area contributed by atoms with Crippen LogP contribution in [0.4, 0.5) is 0 Å². The molecule has 11 heteroatoms. The number of ketones is 1. The van der Waals surface area contributed by atoms with Gasteiger partial charge in [-0.2, -0.15) is 0 Å². The molecule has 0 amide bonds. The number of fused-ring (bicyclic) bond motifs is 5. The van der Waals surface area contributed by atoms with Crippen LogP contribution in [0.5, 0.6) is 11.5 Å². The Bertz CT molecular complexity index is 2890. The fourth-order valence-electron chi connectivity index (χ4n) is 8.44. The Labute approximate surface area is 433 Å². The van der Waals surface area contributed by atoms with Gasteiger partial charge >= 0.3 is 10.6 Å². The molecule has 0 radical (unpaired) electrons. The molecule has 1 aliphatic carbocycles. The lowest BCUT2D eigenvalue weighted by Crippen LogP contribution is -2.15. The van der Waals surface area contributed by atoms with Crippen LogP contribution < -0.4 is 20.1 Å². The highest BCUT2D eigenvalue weighted by molar-refractivity contribution is 7.16. The molecular formula is C61H82N2O8S. The van der Waals surface area contributed by atoms with Crippen LogP contribution in [0.15, 0.2) is 105 Å². The number of nitrogens with zero attached hydrogens (tertiary/aromatic N) is 2. The van der Waals surface area contributed by atoms with Crippen LogP contribution >= 0.6 is 11.3 Å². The summed E-state index contributed by atoms with van der Waals surface area (Å²) < 4.78 is 31.5. The van der Waals surface area contributed by atoms with E-state index in [1.54, 1.807) is 18.7 Å². The van der Waals surface area contributed by atoms with Gasteiger partial charge in [-0.1, -0.05) is 144 Å². The topological polar surface area (TPSA) is 111 Å². The highest BCUT2D eigenvalue weighted by atomic mass is 32.1. The quantitative estimate of drug-likeness (QED) is 0.162. The van der Waals surface area contributed by atoms with Crippen molar-refractivity contribution in [2.24, 2.45) is 14.1 Å². The Morgan fingerprint density at radius 1 is 0.569 bits per heavy atom. The van der Waals surface area contributed by atoms with Crippen molar-refractivity contribution in [3.63, 3.8) is 0 Å². The Morgan fingerprint density at radius 3 is 1.75 bits per heavy atom. The number of aryl methyl sites for hydroxylation is 3. The van der Waals surface area contributed by atoms with Crippen LogP contribution in [0, 0.1) is 0 Å². The number of thiazole rings is 1. The molecule has 10 nitrogen and oxygen atoms in total. The van der Waals surface area contributed by atoms with Gasteiger partial charge in [-0.15, -0.1) is 0 Å². The monoisotopic (exact) mass is 1000 g/mol. The predicted molar refractivity (Wildman–Crippen MR) is 299 cm³/mol. The SMILES string of the molecule is C.C.CC(C)c1ccc2c(c1)CCC2=O.CC(C)c1ccc2c(c1)COCCO2.CC(C)c1ccc2c(c1)oc(=O)n2C.CC(C)c1ccc2c(c1)sc(=O)n2C.COC1CCOc2cc(C(C)C)ccc21. The maximum absolute atomic E-state index is 11.4. The zero-order chi connectivity index (χ0) is 50.8. The number of carbonyl (C=O) groups excluding carboxylic acids is 1. The van der Waals surface area contributed by atoms with E-state index in [0.29, 0.717) is 67.2 Å². The molecule has 2 aliphatic heterocycles. The lowest BCUT2D eigenvalue weighted by molar-refractivity contribution is 0.0636.